The number of sulfonamides is 2. The number of hydrogen-bond acceptors (Lipinski definition) is 5. The molecule has 0 aliphatic rings. The van der Waals surface area contributed by atoms with Crippen molar-refractivity contribution in [3.8, 4) is 0 Å². The summed E-state index contributed by atoms with van der Waals surface area (Å²) in [7, 11) is -7.63. The highest BCUT2D eigenvalue weighted by Crippen LogP contribution is 2.18. The zero-order valence-electron chi connectivity index (χ0n) is 13.4. The summed E-state index contributed by atoms with van der Waals surface area (Å²) in [5.41, 5.74) is 0. The van der Waals surface area contributed by atoms with Crippen molar-refractivity contribution in [2.24, 2.45) is 0 Å². The van der Waals surface area contributed by atoms with Gasteiger partial charge in [0.2, 0.25) is 0 Å². The minimum atomic E-state index is -3.82. The molecule has 0 saturated carbocycles. The Morgan fingerprint density at radius 3 is 1.31 bits per heavy atom. The van der Waals surface area contributed by atoms with Crippen LogP contribution in [0.25, 0.3) is 0 Å². The van der Waals surface area contributed by atoms with Gasteiger partial charge in [0.05, 0.1) is 9.79 Å². The number of nitrogens with zero attached hydrogens (tertiary/aromatic N) is 1. The first-order valence-electron chi connectivity index (χ1n) is 7.50. The maximum absolute atomic E-state index is 12.3. The summed E-state index contributed by atoms with van der Waals surface area (Å²) in [6.07, 6.45) is 0. The maximum Gasteiger partial charge on any atom is 0.263 e. The van der Waals surface area contributed by atoms with Gasteiger partial charge in [0.15, 0.2) is 0 Å². The molecule has 0 spiro atoms. The van der Waals surface area contributed by atoms with Crippen molar-refractivity contribution in [3.05, 3.63) is 78.9 Å². The third-order valence-electron chi connectivity index (χ3n) is 3.33. The Kier molecular flexibility index (Phi) is 4.92. The molecule has 0 radical (unpaired) electrons. The molecule has 3 aromatic rings. The smallest absolute Gasteiger partial charge is 0.263 e. The lowest BCUT2D eigenvalue weighted by Crippen LogP contribution is -2.16. The van der Waals surface area contributed by atoms with Crippen molar-refractivity contribution in [3.63, 3.8) is 0 Å². The Bertz CT molecular complexity index is 1010. The van der Waals surface area contributed by atoms with Crippen LogP contribution in [0.4, 0.5) is 11.6 Å². The number of anilines is 2. The van der Waals surface area contributed by atoms with Crippen molar-refractivity contribution in [1.29, 1.82) is 0 Å². The van der Waals surface area contributed by atoms with Gasteiger partial charge in [-0.15, -0.1) is 0 Å². The number of nitrogens with one attached hydrogen (secondary N) is 2. The summed E-state index contributed by atoms with van der Waals surface area (Å²) in [6.45, 7) is 0. The first-order valence-corrected chi connectivity index (χ1v) is 10.5. The highest BCUT2D eigenvalue weighted by atomic mass is 32.2. The summed E-state index contributed by atoms with van der Waals surface area (Å²) in [6, 6.07) is 20.0. The molecule has 26 heavy (non-hydrogen) atoms. The largest absolute Gasteiger partial charge is 0.263 e. The van der Waals surface area contributed by atoms with Crippen LogP contribution >= 0.6 is 0 Å². The van der Waals surface area contributed by atoms with Crippen LogP contribution in [0, 0.1) is 0 Å². The molecule has 1 heterocycles. The fourth-order valence-corrected chi connectivity index (χ4v) is 4.19. The van der Waals surface area contributed by atoms with Crippen LogP contribution in [-0.2, 0) is 20.0 Å². The maximum atomic E-state index is 12.3. The fraction of sp³-hybridized carbons (Fsp3) is 0. The number of pyridine rings is 1. The summed E-state index contributed by atoms with van der Waals surface area (Å²) < 4.78 is 54.0. The van der Waals surface area contributed by atoms with Crippen LogP contribution in [-0.4, -0.2) is 21.8 Å². The highest BCUT2D eigenvalue weighted by Gasteiger charge is 2.17. The Morgan fingerprint density at radius 2 is 0.923 bits per heavy atom. The van der Waals surface area contributed by atoms with Crippen LogP contribution < -0.4 is 9.44 Å². The average molecular weight is 389 g/mol. The number of aromatic nitrogens is 1. The van der Waals surface area contributed by atoms with E-state index in [4.69, 9.17) is 0 Å². The predicted molar refractivity (Wildman–Crippen MR) is 98.7 cm³/mol. The third kappa shape index (κ3) is 4.19. The van der Waals surface area contributed by atoms with Crippen molar-refractivity contribution < 1.29 is 16.8 Å². The van der Waals surface area contributed by atoms with Gasteiger partial charge in [0, 0.05) is 0 Å². The third-order valence-corrected chi connectivity index (χ3v) is 6.08. The van der Waals surface area contributed by atoms with E-state index in [1.54, 1.807) is 36.4 Å². The molecular formula is C17H15N3O4S2. The van der Waals surface area contributed by atoms with E-state index in [9.17, 15) is 16.8 Å². The molecule has 0 fully saturated rings. The van der Waals surface area contributed by atoms with E-state index in [1.807, 2.05) is 0 Å². The first-order chi connectivity index (χ1) is 12.4. The van der Waals surface area contributed by atoms with E-state index in [0.717, 1.165) is 0 Å². The van der Waals surface area contributed by atoms with Gasteiger partial charge in [-0.1, -0.05) is 42.5 Å². The molecular weight excluding hydrogens is 374 g/mol. The second kappa shape index (κ2) is 7.14. The summed E-state index contributed by atoms with van der Waals surface area (Å²) in [5.74, 6) is 0.00392. The van der Waals surface area contributed by atoms with E-state index in [0.29, 0.717) is 0 Å². The molecule has 0 amide bonds. The average Bonchev–Trinajstić information content (AvgIpc) is 2.63. The molecule has 2 aromatic carbocycles. The second-order valence-corrected chi connectivity index (χ2v) is 8.61. The standard InChI is InChI=1S/C17H15N3O4S2/c21-25(22,14-8-3-1-4-9-14)19-16-12-7-13-17(18-16)20-26(23,24)15-10-5-2-6-11-15/h1-13H,(H2,18,19,20). The van der Waals surface area contributed by atoms with Crippen LogP contribution in [0.3, 0.4) is 0 Å². The van der Waals surface area contributed by atoms with Crippen LogP contribution in [0.2, 0.25) is 0 Å². The van der Waals surface area contributed by atoms with Gasteiger partial charge in [0.1, 0.15) is 11.6 Å². The van der Waals surface area contributed by atoms with Crippen molar-refractivity contribution in [1.82, 2.24) is 4.98 Å². The first kappa shape index (κ1) is 17.9. The highest BCUT2D eigenvalue weighted by molar-refractivity contribution is 7.93. The molecule has 3 rings (SSSR count). The van der Waals surface area contributed by atoms with E-state index in [1.165, 1.54) is 42.5 Å². The summed E-state index contributed by atoms with van der Waals surface area (Å²) in [5, 5.41) is 0. The summed E-state index contributed by atoms with van der Waals surface area (Å²) in [4.78, 5) is 4.17. The number of benzene rings is 2. The normalized spacial score (nSPS) is 11.7. The Balaban J connectivity index is 1.83. The van der Waals surface area contributed by atoms with Crippen LogP contribution in [0.5, 0.6) is 0 Å². The summed E-state index contributed by atoms with van der Waals surface area (Å²) >= 11 is 0. The Morgan fingerprint density at radius 1 is 0.538 bits per heavy atom. The van der Waals surface area contributed by atoms with Gasteiger partial charge in [-0.05, 0) is 36.4 Å². The fourth-order valence-electron chi connectivity index (χ4n) is 2.14. The number of rotatable bonds is 6. The lowest BCUT2D eigenvalue weighted by molar-refractivity contribution is 0.599. The number of hydrogen-bond donors (Lipinski definition) is 2. The quantitative estimate of drug-likeness (QED) is 0.674. The van der Waals surface area contributed by atoms with Crippen LogP contribution in [0.1, 0.15) is 0 Å². The van der Waals surface area contributed by atoms with Crippen molar-refractivity contribution >= 4 is 31.7 Å². The molecule has 0 atom stereocenters. The van der Waals surface area contributed by atoms with Gasteiger partial charge in [0.25, 0.3) is 20.0 Å². The lowest BCUT2D eigenvalue weighted by atomic mass is 10.4. The van der Waals surface area contributed by atoms with Crippen molar-refractivity contribution in [2.45, 2.75) is 9.79 Å². The van der Waals surface area contributed by atoms with E-state index in [-0.39, 0.29) is 21.4 Å². The van der Waals surface area contributed by atoms with E-state index >= 15 is 0 Å². The molecule has 0 bridgehead atoms. The zero-order valence-corrected chi connectivity index (χ0v) is 15.0. The van der Waals surface area contributed by atoms with Crippen molar-refractivity contribution in [2.75, 3.05) is 9.44 Å². The molecule has 0 unspecified atom stereocenters. The zero-order chi connectivity index (χ0) is 18.6. The van der Waals surface area contributed by atoms with Gasteiger partial charge in [-0.3, -0.25) is 9.44 Å². The minimum absolute atomic E-state index is 0.00196. The SMILES string of the molecule is O=S(=O)(Nc1cccc(NS(=O)(=O)c2ccccc2)n1)c1ccccc1. The van der Waals surface area contributed by atoms with Crippen LogP contribution in [0.15, 0.2) is 88.7 Å². The van der Waals surface area contributed by atoms with E-state index in [2.05, 4.69) is 14.4 Å². The molecule has 134 valence electrons. The van der Waals surface area contributed by atoms with Gasteiger partial charge in [-0.25, -0.2) is 21.8 Å². The Hall–Kier alpha value is -2.91. The molecule has 2 N–H and O–H groups in total. The van der Waals surface area contributed by atoms with Gasteiger partial charge in [-0.2, -0.15) is 0 Å². The molecule has 0 aliphatic heterocycles. The van der Waals surface area contributed by atoms with E-state index < -0.39 is 20.0 Å². The molecule has 0 saturated heterocycles. The molecule has 7 nitrogen and oxygen atoms in total. The second-order valence-electron chi connectivity index (χ2n) is 5.25. The molecule has 9 heteroatoms. The predicted octanol–water partition coefficient (Wildman–Crippen LogP) is 2.68. The topological polar surface area (TPSA) is 105 Å². The molecule has 1 aromatic heterocycles. The molecule has 0 aliphatic carbocycles. The lowest BCUT2D eigenvalue weighted by Gasteiger charge is -2.10. The van der Waals surface area contributed by atoms with Gasteiger partial charge >= 0.3 is 0 Å². The monoisotopic (exact) mass is 389 g/mol. The minimum Gasteiger partial charge on any atom is -0.263 e. The Labute approximate surface area is 151 Å². The van der Waals surface area contributed by atoms with Gasteiger partial charge < -0.3 is 0 Å².